The Hall–Kier alpha value is -1.84. The summed E-state index contributed by atoms with van der Waals surface area (Å²) in [7, 11) is 0. The summed E-state index contributed by atoms with van der Waals surface area (Å²) in [5.41, 5.74) is 1.06. The molecule has 1 aromatic carbocycles. The first kappa shape index (κ1) is 13.6. The SMILES string of the molecule is CC(=O)N[C@@H](Cc1ccccc1)C(=O)N1CCCC1. The molecule has 2 amide bonds. The van der Waals surface area contributed by atoms with Crippen LogP contribution in [0.2, 0.25) is 0 Å². The zero-order valence-electron chi connectivity index (χ0n) is 11.3. The standard InChI is InChI=1S/C15H20N2O2/c1-12(18)16-14(11-13-7-3-2-4-8-13)15(19)17-9-5-6-10-17/h2-4,7-8,14H,5-6,9-11H2,1H3,(H,16,18)/t14-/m0/s1. The second-order valence-corrected chi connectivity index (χ2v) is 4.98. The van der Waals surface area contributed by atoms with Crippen molar-refractivity contribution < 1.29 is 9.59 Å². The van der Waals surface area contributed by atoms with Gasteiger partial charge in [0.25, 0.3) is 0 Å². The molecule has 102 valence electrons. The van der Waals surface area contributed by atoms with Crippen LogP contribution in [0, 0.1) is 0 Å². The number of rotatable bonds is 4. The van der Waals surface area contributed by atoms with E-state index in [0.29, 0.717) is 6.42 Å². The van der Waals surface area contributed by atoms with Crippen LogP contribution in [-0.4, -0.2) is 35.8 Å². The Labute approximate surface area is 113 Å². The van der Waals surface area contributed by atoms with Crippen molar-refractivity contribution in [1.29, 1.82) is 0 Å². The number of carbonyl (C=O) groups excluding carboxylic acids is 2. The van der Waals surface area contributed by atoms with Crippen molar-refractivity contribution in [3.8, 4) is 0 Å². The Morgan fingerprint density at radius 1 is 1.21 bits per heavy atom. The van der Waals surface area contributed by atoms with Crippen molar-refractivity contribution in [2.45, 2.75) is 32.2 Å². The fourth-order valence-corrected chi connectivity index (χ4v) is 2.45. The van der Waals surface area contributed by atoms with Gasteiger partial charge in [0, 0.05) is 26.4 Å². The van der Waals surface area contributed by atoms with E-state index in [2.05, 4.69) is 5.32 Å². The van der Waals surface area contributed by atoms with Crippen LogP contribution in [0.1, 0.15) is 25.3 Å². The zero-order valence-corrected chi connectivity index (χ0v) is 11.3. The average Bonchev–Trinajstić information content (AvgIpc) is 2.91. The molecular weight excluding hydrogens is 240 g/mol. The predicted molar refractivity (Wildman–Crippen MR) is 73.6 cm³/mol. The van der Waals surface area contributed by atoms with Crippen LogP contribution in [-0.2, 0) is 16.0 Å². The van der Waals surface area contributed by atoms with Gasteiger partial charge in [-0.2, -0.15) is 0 Å². The Morgan fingerprint density at radius 3 is 2.42 bits per heavy atom. The number of hydrogen-bond acceptors (Lipinski definition) is 2. The molecule has 4 heteroatoms. The first-order valence-corrected chi connectivity index (χ1v) is 6.76. The van der Waals surface area contributed by atoms with Crippen LogP contribution >= 0.6 is 0 Å². The van der Waals surface area contributed by atoms with Crippen LogP contribution in [0.3, 0.4) is 0 Å². The van der Waals surface area contributed by atoms with Crippen molar-refractivity contribution in [2.75, 3.05) is 13.1 Å². The molecule has 0 aliphatic carbocycles. The minimum absolute atomic E-state index is 0.0385. The van der Waals surface area contributed by atoms with Gasteiger partial charge in [0.2, 0.25) is 11.8 Å². The lowest BCUT2D eigenvalue weighted by Crippen LogP contribution is -2.48. The summed E-state index contributed by atoms with van der Waals surface area (Å²) >= 11 is 0. The molecule has 4 nitrogen and oxygen atoms in total. The highest BCUT2D eigenvalue weighted by molar-refractivity contribution is 5.87. The monoisotopic (exact) mass is 260 g/mol. The van der Waals surface area contributed by atoms with E-state index < -0.39 is 6.04 Å². The van der Waals surface area contributed by atoms with Gasteiger partial charge in [-0.15, -0.1) is 0 Å². The number of likely N-dealkylation sites (tertiary alicyclic amines) is 1. The van der Waals surface area contributed by atoms with E-state index in [1.165, 1.54) is 6.92 Å². The Bertz CT molecular complexity index is 439. The van der Waals surface area contributed by atoms with E-state index in [-0.39, 0.29) is 11.8 Å². The van der Waals surface area contributed by atoms with Gasteiger partial charge in [0.15, 0.2) is 0 Å². The molecule has 0 unspecified atom stereocenters. The third-order valence-electron chi connectivity index (χ3n) is 3.38. The average molecular weight is 260 g/mol. The number of nitrogens with one attached hydrogen (secondary N) is 1. The maximum absolute atomic E-state index is 12.4. The summed E-state index contributed by atoms with van der Waals surface area (Å²) in [5, 5.41) is 2.77. The summed E-state index contributed by atoms with van der Waals surface area (Å²) in [6.45, 7) is 3.07. The molecule has 0 spiro atoms. The van der Waals surface area contributed by atoms with Crippen LogP contribution in [0.5, 0.6) is 0 Å². The van der Waals surface area contributed by atoms with Crippen molar-refractivity contribution >= 4 is 11.8 Å². The summed E-state index contributed by atoms with van der Waals surface area (Å²) < 4.78 is 0. The molecule has 1 heterocycles. The van der Waals surface area contributed by atoms with E-state index in [1.54, 1.807) is 0 Å². The third kappa shape index (κ3) is 3.81. The molecule has 1 fully saturated rings. The van der Waals surface area contributed by atoms with E-state index >= 15 is 0 Å². The largest absolute Gasteiger partial charge is 0.344 e. The lowest BCUT2D eigenvalue weighted by molar-refractivity contribution is -0.135. The smallest absolute Gasteiger partial charge is 0.245 e. The predicted octanol–water partition coefficient (Wildman–Crippen LogP) is 1.36. The lowest BCUT2D eigenvalue weighted by Gasteiger charge is -2.23. The minimum Gasteiger partial charge on any atom is -0.344 e. The molecule has 0 radical (unpaired) electrons. The quantitative estimate of drug-likeness (QED) is 0.888. The maximum atomic E-state index is 12.4. The highest BCUT2D eigenvalue weighted by Gasteiger charge is 2.27. The molecule has 2 rings (SSSR count). The normalized spacial score (nSPS) is 16.2. The first-order chi connectivity index (χ1) is 9.16. The van der Waals surface area contributed by atoms with E-state index in [9.17, 15) is 9.59 Å². The molecule has 0 bridgehead atoms. The Kier molecular flexibility index (Phi) is 4.55. The molecule has 1 N–H and O–H groups in total. The summed E-state index contributed by atoms with van der Waals surface area (Å²) in [6.07, 6.45) is 2.67. The van der Waals surface area contributed by atoms with Gasteiger partial charge in [0.1, 0.15) is 6.04 Å². The van der Waals surface area contributed by atoms with Gasteiger partial charge in [-0.25, -0.2) is 0 Å². The lowest BCUT2D eigenvalue weighted by atomic mass is 10.0. The Balaban J connectivity index is 2.06. The molecule has 0 saturated carbocycles. The van der Waals surface area contributed by atoms with Gasteiger partial charge in [-0.05, 0) is 18.4 Å². The Morgan fingerprint density at radius 2 is 1.84 bits per heavy atom. The highest BCUT2D eigenvalue weighted by Crippen LogP contribution is 2.12. The number of amides is 2. The van der Waals surface area contributed by atoms with Crippen molar-refractivity contribution in [3.63, 3.8) is 0 Å². The second-order valence-electron chi connectivity index (χ2n) is 4.98. The van der Waals surface area contributed by atoms with Crippen molar-refractivity contribution in [2.24, 2.45) is 0 Å². The van der Waals surface area contributed by atoms with E-state index in [0.717, 1.165) is 31.5 Å². The maximum Gasteiger partial charge on any atom is 0.245 e. The van der Waals surface area contributed by atoms with Gasteiger partial charge in [-0.3, -0.25) is 9.59 Å². The van der Waals surface area contributed by atoms with Gasteiger partial charge in [-0.1, -0.05) is 30.3 Å². The minimum atomic E-state index is -0.446. The fraction of sp³-hybridized carbons (Fsp3) is 0.467. The number of nitrogens with zero attached hydrogens (tertiary/aromatic N) is 1. The molecule has 1 aromatic rings. The topological polar surface area (TPSA) is 49.4 Å². The zero-order chi connectivity index (χ0) is 13.7. The molecule has 1 atom stereocenters. The van der Waals surface area contributed by atoms with Gasteiger partial charge in [0.05, 0.1) is 0 Å². The second kappa shape index (κ2) is 6.36. The first-order valence-electron chi connectivity index (χ1n) is 6.76. The van der Waals surface area contributed by atoms with Crippen LogP contribution in [0.4, 0.5) is 0 Å². The van der Waals surface area contributed by atoms with Gasteiger partial charge >= 0.3 is 0 Å². The van der Waals surface area contributed by atoms with Crippen LogP contribution in [0.15, 0.2) is 30.3 Å². The van der Waals surface area contributed by atoms with Crippen molar-refractivity contribution in [3.05, 3.63) is 35.9 Å². The highest BCUT2D eigenvalue weighted by atomic mass is 16.2. The fourth-order valence-electron chi connectivity index (χ4n) is 2.45. The molecule has 19 heavy (non-hydrogen) atoms. The molecule has 0 aromatic heterocycles. The van der Waals surface area contributed by atoms with Crippen molar-refractivity contribution in [1.82, 2.24) is 10.2 Å². The molecule has 1 aliphatic rings. The van der Waals surface area contributed by atoms with Gasteiger partial charge < -0.3 is 10.2 Å². The summed E-state index contributed by atoms with van der Waals surface area (Å²) in [5.74, 6) is -0.120. The number of hydrogen-bond donors (Lipinski definition) is 1. The molecule has 1 aliphatic heterocycles. The van der Waals surface area contributed by atoms with Crippen LogP contribution in [0.25, 0.3) is 0 Å². The van der Waals surface area contributed by atoms with E-state index in [4.69, 9.17) is 0 Å². The molecular formula is C15H20N2O2. The van der Waals surface area contributed by atoms with Crippen LogP contribution < -0.4 is 5.32 Å². The number of benzene rings is 1. The number of carbonyl (C=O) groups is 2. The molecule has 1 saturated heterocycles. The summed E-state index contributed by atoms with van der Waals surface area (Å²) in [6, 6.07) is 9.34. The third-order valence-corrected chi connectivity index (χ3v) is 3.38. The summed E-state index contributed by atoms with van der Waals surface area (Å²) in [4.78, 5) is 25.5. The van der Waals surface area contributed by atoms with E-state index in [1.807, 2.05) is 35.2 Å².